The van der Waals surface area contributed by atoms with E-state index in [1.807, 2.05) is 11.0 Å². The summed E-state index contributed by atoms with van der Waals surface area (Å²) in [5.74, 6) is 0.795. The summed E-state index contributed by atoms with van der Waals surface area (Å²) >= 11 is 6.53. The van der Waals surface area contributed by atoms with E-state index in [4.69, 9.17) is 20.8 Å². The molecule has 5 rings (SSSR count). The number of fused-ring (bicyclic) bond motifs is 1. The molecule has 8 nitrogen and oxygen atoms in total. The molecule has 0 bridgehead atoms. The number of nitrogens with zero attached hydrogens (tertiary/aromatic N) is 3. The second-order valence-electron chi connectivity index (χ2n) is 9.77. The lowest BCUT2D eigenvalue weighted by Gasteiger charge is -2.31. The first-order valence-corrected chi connectivity index (χ1v) is 13.0. The molecule has 2 aliphatic rings. The molecule has 1 atom stereocenters. The normalized spacial score (nSPS) is 16.6. The second-order valence-corrected chi connectivity index (χ2v) is 10.1. The Labute approximate surface area is 219 Å². The monoisotopic (exact) mass is 528 g/mol. The Bertz CT molecular complexity index is 1240. The van der Waals surface area contributed by atoms with Crippen molar-refractivity contribution in [3.63, 3.8) is 0 Å². The standard InChI is InChI=1S/C27H30ClFN4O4/c28-26-22-5-7-33(14-23(22)24(29)10-25(26)36-15-21-12-30-16-37-21)13-20(34)11-32-27(35)18-4-6-31-19(9-18)8-17-2-1-3-17/h4,6,9-10,12,16-17,20,34H,1-3,5,7-8,11,13-15H2,(H,32,35)/t20-/m0/s1. The van der Waals surface area contributed by atoms with Gasteiger partial charge in [0, 0.05) is 55.3 Å². The highest BCUT2D eigenvalue weighted by atomic mass is 35.5. The van der Waals surface area contributed by atoms with Crippen LogP contribution in [-0.4, -0.2) is 51.6 Å². The fourth-order valence-electron chi connectivity index (χ4n) is 4.82. The number of oxazole rings is 1. The number of hydrogen-bond donors (Lipinski definition) is 2. The van der Waals surface area contributed by atoms with Crippen LogP contribution in [-0.2, 0) is 26.0 Å². The first-order valence-electron chi connectivity index (χ1n) is 12.6. The topological polar surface area (TPSA) is 101 Å². The maximum Gasteiger partial charge on any atom is 0.251 e. The van der Waals surface area contributed by atoms with Crippen LogP contribution in [0, 0.1) is 11.7 Å². The van der Waals surface area contributed by atoms with Crippen molar-refractivity contribution in [2.45, 2.75) is 51.4 Å². The molecule has 196 valence electrons. The van der Waals surface area contributed by atoms with Gasteiger partial charge in [-0.05, 0) is 36.5 Å². The van der Waals surface area contributed by atoms with Gasteiger partial charge >= 0.3 is 0 Å². The van der Waals surface area contributed by atoms with E-state index in [9.17, 15) is 14.3 Å². The maximum atomic E-state index is 14.9. The van der Waals surface area contributed by atoms with E-state index in [1.54, 1.807) is 12.3 Å². The summed E-state index contributed by atoms with van der Waals surface area (Å²) in [6.45, 7) is 1.40. The molecule has 0 radical (unpaired) electrons. The molecule has 0 unspecified atom stereocenters. The number of nitrogens with one attached hydrogen (secondary N) is 1. The molecule has 0 spiro atoms. The van der Waals surface area contributed by atoms with E-state index in [-0.39, 0.29) is 24.8 Å². The molecule has 2 aromatic heterocycles. The number of benzene rings is 1. The fraction of sp³-hybridized carbons (Fsp3) is 0.444. The molecule has 37 heavy (non-hydrogen) atoms. The summed E-state index contributed by atoms with van der Waals surface area (Å²) in [5.41, 5.74) is 2.68. The smallest absolute Gasteiger partial charge is 0.251 e. The molecule has 1 aliphatic heterocycles. The summed E-state index contributed by atoms with van der Waals surface area (Å²) in [7, 11) is 0. The molecule has 1 saturated carbocycles. The van der Waals surface area contributed by atoms with Crippen molar-refractivity contribution in [2.75, 3.05) is 19.6 Å². The molecule has 2 N–H and O–H groups in total. The number of rotatable bonds is 10. The van der Waals surface area contributed by atoms with Gasteiger partial charge in [-0.1, -0.05) is 30.9 Å². The number of aromatic nitrogens is 2. The lowest BCUT2D eigenvalue weighted by molar-refractivity contribution is 0.0839. The fourth-order valence-corrected chi connectivity index (χ4v) is 5.13. The zero-order valence-corrected chi connectivity index (χ0v) is 21.2. The minimum absolute atomic E-state index is 0.0973. The predicted octanol–water partition coefficient (Wildman–Crippen LogP) is 3.93. The number of hydrogen-bond acceptors (Lipinski definition) is 7. The number of pyridine rings is 1. The Balaban J connectivity index is 1.13. The Morgan fingerprint density at radius 3 is 2.97 bits per heavy atom. The van der Waals surface area contributed by atoms with E-state index in [2.05, 4.69) is 15.3 Å². The minimum Gasteiger partial charge on any atom is -0.484 e. The summed E-state index contributed by atoms with van der Waals surface area (Å²) in [4.78, 5) is 22.8. The zero-order chi connectivity index (χ0) is 25.8. The largest absolute Gasteiger partial charge is 0.484 e. The zero-order valence-electron chi connectivity index (χ0n) is 20.5. The number of aliphatic hydroxyl groups is 1. The Morgan fingerprint density at radius 2 is 2.22 bits per heavy atom. The van der Waals surface area contributed by atoms with E-state index in [0.717, 1.165) is 12.1 Å². The average molecular weight is 529 g/mol. The SMILES string of the molecule is O=C(NC[C@H](O)CN1CCc2c(Cl)c(OCc3cnco3)cc(F)c2C1)c1ccnc(CC2CCC2)c1. The average Bonchev–Trinajstić information content (AvgIpc) is 3.40. The molecular weight excluding hydrogens is 499 g/mol. The third-order valence-corrected chi connectivity index (χ3v) is 7.49. The summed E-state index contributed by atoms with van der Waals surface area (Å²) in [5, 5.41) is 13.8. The highest BCUT2D eigenvalue weighted by Gasteiger charge is 2.26. The first kappa shape index (κ1) is 25.6. The lowest BCUT2D eigenvalue weighted by Crippen LogP contribution is -2.42. The first-order chi connectivity index (χ1) is 18.0. The van der Waals surface area contributed by atoms with Crippen LogP contribution in [0.25, 0.3) is 0 Å². The van der Waals surface area contributed by atoms with Crippen LogP contribution < -0.4 is 10.1 Å². The van der Waals surface area contributed by atoms with Crippen molar-refractivity contribution < 1.29 is 23.4 Å². The number of carbonyl (C=O) groups excluding carboxylic acids is 1. The van der Waals surface area contributed by atoms with Crippen LogP contribution in [0.3, 0.4) is 0 Å². The van der Waals surface area contributed by atoms with Gasteiger partial charge in [-0.15, -0.1) is 0 Å². The number of amides is 1. The molecule has 1 amide bonds. The van der Waals surface area contributed by atoms with Crippen LogP contribution in [0.4, 0.5) is 4.39 Å². The van der Waals surface area contributed by atoms with Gasteiger partial charge in [0.1, 0.15) is 18.2 Å². The van der Waals surface area contributed by atoms with Gasteiger partial charge < -0.3 is 19.6 Å². The number of aliphatic hydroxyl groups excluding tert-OH is 1. The van der Waals surface area contributed by atoms with E-state index < -0.39 is 11.9 Å². The van der Waals surface area contributed by atoms with Crippen LogP contribution in [0.1, 0.15) is 52.2 Å². The van der Waals surface area contributed by atoms with Crippen molar-refractivity contribution >= 4 is 17.5 Å². The summed E-state index contributed by atoms with van der Waals surface area (Å²) in [6.07, 6.45) is 8.82. The van der Waals surface area contributed by atoms with Crippen molar-refractivity contribution in [1.82, 2.24) is 20.2 Å². The van der Waals surface area contributed by atoms with E-state index in [1.165, 1.54) is 37.9 Å². The van der Waals surface area contributed by atoms with Crippen molar-refractivity contribution in [1.29, 1.82) is 0 Å². The van der Waals surface area contributed by atoms with Gasteiger partial charge in [0.25, 0.3) is 5.91 Å². The van der Waals surface area contributed by atoms with Gasteiger partial charge in [-0.25, -0.2) is 9.37 Å². The molecule has 1 aromatic carbocycles. The van der Waals surface area contributed by atoms with Gasteiger partial charge in [0.2, 0.25) is 0 Å². The highest BCUT2D eigenvalue weighted by Crippen LogP contribution is 2.36. The van der Waals surface area contributed by atoms with Crippen molar-refractivity contribution in [3.05, 3.63) is 76.0 Å². The van der Waals surface area contributed by atoms with E-state index >= 15 is 0 Å². The van der Waals surface area contributed by atoms with Crippen LogP contribution in [0.5, 0.6) is 5.75 Å². The molecular formula is C27H30ClFN4O4. The van der Waals surface area contributed by atoms with Crippen LogP contribution >= 0.6 is 11.6 Å². The van der Waals surface area contributed by atoms with Gasteiger partial charge in [0.15, 0.2) is 12.2 Å². The molecule has 0 saturated heterocycles. The molecule has 3 heterocycles. The minimum atomic E-state index is -0.801. The number of β-amino-alcohol motifs (C(OH)–C–C–N with tert-alkyl or cyclic N) is 1. The number of carbonyl (C=O) groups is 1. The van der Waals surface area contributed by atoms with Gasteiger partial charge in [0.05, 0.1) is 17.3 Å². The Hall–Kier alpha value is -3.01. The summed E-state index contributed by atoms with van der Waals surface area (Å²) < 4.78 is 25.7. The molecule has 10 heteroatoms. The maximum absolute atomic E-state index is 14.9. The van der Waals surface area contributed by atoms with Crippen molar-refractivity contribution in [3.8, 4) is 5.75 Å². The molecule has 1 aliphatic carbocycles. The summed E-state index contributed by atoms with van der Waals surface area (Å²) in [6, 6.07) is 4.80. The van der Waals surface area contributed by atoms with E-state index in [0.29, 0.717) is 59.4 Å². The number of ether oxygens (including phenoxy) is 1. The molecule has 1 fully saturated rings. The van der Waals surface area contributed by atoms with Crippen LogP contribution in [0.2, 0.25) is 5.02 Å². The third-order valence-electron chi connectivity index (χ3n) is 7.07. The lowest BCUT2D eigenvalue weighted by atomic mass is 9.82. The Kier molecular flexibility index (Phi) is 8.02. The van der Waals surface area contributed by atoms with Crippen LogP contribution in [0.15, 0.2) is 41.4 Å². The van der Waals surface area contributed by atoms with Gasteiger partial charge in [-0.2, -0.15) is 0 Å². The molecule has 3 aromatic rings. The van der Waals surface area contributed by atoms with Crippen molar-refractivity contribution in [2.24, 2.45) is 5.92 Å². The van der Waals surface area contributed by atoms with Gasteiger partial charge in [-0.3, -0.25) is 14.7 Å². The highest BCUT2D eigenvalue weighted by molar-refractivity contribution is 6.33. The second kappa shape index (κ2) is 11.6. The predicted molar refractivity (Wildman–Crippen MR) is 135 cm³/mol. The Morgan fingerprint density at radius 1 is 1.35 bits per heavy atom. The third kappa shape index (κ3) is 6.29. The number of halogens is 2. The quantitative estimate of drug-likeness (QED) is 0.411.